The van der Waals surface area contributed by atoms with Crippen molar-refractivity contribution in [2.45, 2.75) is 84.0 Å². The van der Waals surface area contributed by atoms with Crippen molar-refractivity contribution < 1.29 is 20.2 Å². The molecule has 0 rings (SSSR count). The molecule has 0 fully saturated rings. The molecule has 0 aromatic carbocycles. The average Bonchev–Trinajstić information content (AvgIpc) is 2.45. The zero-order chi connectivity index (χ0) is 17.3. The van der Waals surface area contributed by atoms with Crippen molar-refractivity contribution in [3.63, 3.8) is 0 Å². The van der Waals surface area contributed by atoms with E-state index in [1.807, 2.05) is 20.8 Å². The van der Waals surface area contributed by atoms with Gasteiger partial charge in [0.05, 0.1) is 6.10 Å². The maximum absolute atomic E-state index is 11.3. The lowest BCUT2D eigenvalue weighted by Crippen LogP contribution is -2.48. The largest absolute Gasteiger partial charge is 0.396 e. The Balaban J connectivity index is 4.99. The lowest BCUT2D eigenvalue weighted by Gasteiger charge is -2.34. The first-order valence-corrected chi connectivity index (χ1v) is 8.36. The van der Waals surface area contributed by atoms with Gasteiger partial charge in [0.2, 0.25) is 6.04 Å². The van der Waals surface area contributed by atoms with Crippen LogP contribution >= 0.6 is 0 Å². The first-order chi connectivity index (χ1) is 10.2. The summed E-state index contributed by atoms with van der Waals surface area (Å²) in [5.41, 5.74) is -1.41. The van der Waals surface area contributed by atoms with Crippen molar-refractivity contribution in [3.05, 3.63) is 10.1 Å². The van der Waals surface area contributed by atoms with E-state index in [0.29, 0.717) is 19.3 Å². The fourth-order valence-corrected chi connectivity index (χ4v) is 3.07. The average molecular weight is 319 g/mol. The second-order valence-electron chi connectivity index (χ2n) is 6.65. The van der Waals surface area contributed by atoms with E-state index in [4.69, 9.17) is 5.11 Å². The minimum absolute atomic E-state index is 0.0792. The number of hydrogen-bond donors (Lipinski definition) is 3. The van der Waals surface area contributed by atoms with Crippen LogP contribution in [-0.4, -0.2) is 44.6 Å². The highest BCUT2D eigenvalue weighted by molar-refractivity contribution is 4.89. The molecular weight excluding hydrogens is 286 g/mol. The standard InChI is InChI=1S/C16H33NO5/c1-5-14(19)13(4)10-16(20,15(6-2)17(21)22)9-7-8-12(3)11-18/h12-15,18-20H,5-11H2,1-4H3. The number of rotatable bonds is 12. The van der Waals surface area contributed by atoms with Crippen molar-refractivity contribution in [3.8, 4) is 0 Å². The molecule has 0 aliphatic rings. The molecule has 3 N–H and O–H groups in total. The fraction of sp³-hybridized carbons (Fsp3) is 1.00. The maximum Gasteiger partial charge on any atom is 0.241 e. The van der Waals surface area contributed by atoms with Crippen LogP contribution in [0.2, 0.25) is 0 Å². The lowest BCUT2D eigenvalue weighted by molar-refractivity contribution is -0.547. The smallest absolute Gasteiger partial charge is 0.241 e. The molecule has 0 aromatic heterocycles. The molecule has 0 aliphatic carbocycles. The van der Waals surface area contributed by atoms with Crippen LogP contribution < -0.4 is 0 Å². The molecule has 0 heterocycles. The SMILES string of the molecule is CCC(O)C(C)CC(O)(CCCC(C)CO)C(CC)[N+](=O)[O-]. The molecule has 0 saturated heterocycles. The predicted molar refractivity (Wildman–Crippen MR) is 86.2 cm³/mol. The van der Waals surface area contributed by atoms with Gasteiger partial charge in [-0.2, -0.15) is 0 Å². The Labute approximate surface area is 133 Å². The van der Waals surface area contributed by atoms with Crippen LogP contribution in [-0.2, 0) is 0 Å². The van der Waals surface area contributed by atoms with E-state index in [2.05, 4.69) is 0 Å². The number of aliphatic hydroxyl groups is 3. The quantitative estimate of drug-likeness (QED) is 0.378. The molecule has 22 heavy (non-hydrogen) atoms. The van der Waals surface area contributed by atoms with Gasteiger partial charge in [-0.3, -0.25) is 10.1 Å². The van der Waals surface area contributed by atoms with Crippen LogP contribution in [0.25, 0.3) is 0 Å². The van der Waals surface area contributed by atoms with Crippen molar-refractivity contribution >= 4 is 0 Å². The molecule has 132 valence electrons. The van der Waals surface area contributed by atoms with E-state index in [1.54, 1.807) is 6.92 Å². The molecule has 0 aliphatic heterocycles. The van der Waals surface area contributed by atoms with Crippen LogP contribution in [0.5, 0.6) is 0 Å². The molecule has 0 bridgehead atoms. The van der Waals surface area contributed by atoms with Crippen molar-refractivity contribution in [1.29, 1.82) is 0 Å². The number of aliphatic hydroxyl groups excluding tert-OH is 2. The summed E-state index contributed by atoms with van der Waals surface area (Å²) in [5.74, 6) is -0.0714. The summed E-state index contributed by atoms with van der Waals surface area (Å²) in [6.07, 6.45) is 2.14. The van der Waals surface area contributed by atoms with Gasteiger partial charge in [0, 0.05) is 18.0 Å². The fourth-order valence-electron chi connectivity index (χ4n) is 3.07. The van der Waals surface area contributed by atoms with E-state index >= 15 is 0 Å². The minimum Gasteiger partial charge on any atom is -0.396 e. The summed E-state index contributed by atoms with van der Waals surface area (Å²) in [5, 5.41) is 41.2. The molecule has 6 heteroatoms. The number of hydrogen-bond acceptors (Lipinski definition) is 5. The second kappa shape index (κ2) is 10.1. The number of nitrogens with zero attached hydrogens (tertiary/aromatic N) is 1. The van der Waals surface area contributed by atoms with Gasteiger partial charge in [-0.25, -0.2) is 0 Å². The summed E-state index contributed by atoms with van der Waals surface area (Å²) >= 11 is 0. The third-order valence-corrected chi connectivity index (χ3v) is 4.63. The molecule has 0 spiro atoms. The Morgan fingerprint density at radius 1 is 1.23 bits per heavy atom. The van der Waals surface area contributed by atoms with E-state index in [9.17, 15) is 20.3 Å². The molecule has 6 nitrogen and oxygen atoms in total. The molecule has 0 aromatic rings. The predicted octanol–water partition coefficient (Wildman–Crippen LogP) is 2.37. The van der Waals surface area contributed by atoms with Gasteiger partial charge in [0.15, 0.2) is 0 Å². The van der Waals surface area contributed by atoms with E-state index < -0.39 is 22.7 Å². The zero-order valence-corrected chi connectivity index (χ0v) is 14.4. The van der Waals surface area contributed by atoms with Gasteiger partial charge in [-0.05, 0) is 43.9 Å². The first kappa shape index (κ1) is 21.3. The number of nitro groups is 1. The van der Waals surface area contributed by atoms with Crippen LogP contribution in [0.3, 0.4) is 0 Å². The van der Waals surface area contributed by atoms with Crippen LogP contribution in [0.4, 0.5) is 0 Å². The third-order valence-electron chi connectivity index (χ3n) is 4.63. The monoisotopic (exact) mass is 319 g/mol. The summed E-state index contributed by atoms with van der Waals surface area (Å²) in [6, 6.07) is -1.02. The van der Waals surface area contributed by atoms with Gasteiger partial charge >= 0.3 is 0 Å². The highest BCUT2D eigenvalue weighted by Crippen LogP contribution is 2.32. The molecule has 0 saturated carbocycles. The zero-order valence-electron chi connectivity index (χ0n) is 14.4. The summed E-state index contributed by atoms with van der Waals surface area (Å²) in [7, 11) is 0. The summed E-state index contributed by atoms with van der Waals surface area (Å²) in [6.45, 7) is 7.37. The Bertz CT molecular complexity index is 326. The van der Waals surface area contributed by atoms with Gasteiger partial charge in [0.25, 0.3) is 0 Å². The maximum atomic E-state index is 11.3. The topological polar surface area (TPSA) is 104 Å². The first-order valence-electron chi connectivity index (χ1n) is 8.36. The highest BCUT2D eigenvalue weighted by Gasteiger charge is 2.45. The minimum atomic E-state index is -1.41. The van der Waals surface area contributed by atoms with Crippen LogP contribution in [0.15, 0.2) is 0 Å². The Morgan fingerprint density at radius 2 is 1.82 bits per heavy atom. The second-order valence-corrected chi connectivity index (χ2v) is 6.65. The Kier molecular flexibility index (Phi) is 9.80. The van der Waals surface area contributed by atoms with Crippen molar-refractivity contribution in [2.75, 3.05) is 6.61 Å². The molecule has 5 unspecified atom stereocenters. The van der Waals surface area contributed by atoms with Crippen molar-refractivity contribution in [1.82, 2.24) is 0 Å². The normalized spacial score (nSPS) is 20.0. The Hall–Kier alpha value is -0.720. The van der Waals surface area contributed by atoms with Gasteiger partial charge < -0.3 is 15.3 Å². The van der Waals surface area contributed by atoms with Gasteiger partial charge in [-0.1, -0.05) is 27.7 Å². The van der Waals surface area contributed by atoms with Crippen LogP contribution in [0.1, 0.15) is 66.2 Å². The van der Waals surface area contributed by atoms with E-state index in [1.165, 1.54) is 0 Å². The Morgan fingerprint density at radius 3 is 2.23 bits per heavy atom. The summed E-state index contributed by atoms with van der Waals surface area (Å²) in [4.78, 5) is 10.9. The van der Waals surface area contributed by atoms with Gasteiger partial charge in [-0.15, -0.1) is 0 Å². The van der Waals surface area contributed by atoms with Crippen LogP contribution in [0, 0.1) is 22.0 Å². The molecule has 5 atom stereocenters. The van der Waals surface area contributed by atoms with Crippen molar-refractivity contribution in [2.24, 2.45) is 11.8 Å². The van der Waals surface area contributed by atoms with E-state index in [-0.39, 0.29) is 31.3 Å². The highest BCUT2D eigenvalue weighted by atomic mass is 16.6. The van der Waals surface area contributed by atoms with E-state index in [0.717, 1.165) is 6.42 Å². The van der Waals surface area contributed by atoms with Gasteiger partial charge in [0.1, 0.15) is 5.60 Å². The third kappa shape index (κ3) is 6.58. The molecule has 0 radical (unpaired) electrons. The molecular formula is C16H33NO5. The molecule has 0 amide bonds. The lowest BCUT2D eigenvalue weighted by atomic mass is 9.78. The summed E-state index contributed by atoms with van der Waals surface area (Å²) < 4.78 is 0.